The lowest BCUT2D eigenvalue weighted by Gasteiger charge is -2.08. The van der Waals surface area contributed by atoms with E-state index in [0.717, 1.165) is 43.4 Å². The van der Waals surface area contributed by atoms with Crippen LogP contribution in [0, 0.1) is 5.92 Å². The number of aryl methyl sites for hydroxylation is 1. The van der Waals surface area contributed by atoms with Gasteiger partial charge in [-0.05, 0) is 37.3 Å². The summed E-state index contributed by atoms with van der Waals surface area (Å²) in [6.07, 6.45) is 3.71. The van der Waals surface area contributed by atoms with Crippen molar-refractivity contribution < 1.29 is 4.74 Å². The van der Waals surface area contributed by atoms with E-state index in [-0.39, 0.29) is 0 Å². The second kappa shape index (κ2) is 5.93. The molecule has 2 aromatic rings. The van der Waals surface area contributed by atoms with Crippen LogP contribution in [0.15, 0.2) is 24.3 Å². The van der Waals surface area contributed by atoms with Crippen LogP contribution < -0.4 is 0 Å². The third kappa shape index (κ3) is 3.10. The van der Waals surface area contributed by atoms with Gasteiger partial charge in [-0.3, -0.25) is 0 Å². The van der Waals surface area contributed by atoms with E-state index in [0.29, 0.717) is 5.88 Å². The predicted octanol–water partition coefficient (Wildman–Crippen LogP) is 3.59. The molecule has 1 aliphatic carbocycles. The molecule has 0 spiro atoms. The Labute approximate surface area is 118 Å². The first kappa shape index (κ1) is 12.9. The van der Waals surface area contributed by atoms with Gasteiger partial charge in [0, 0.05) is 19.8 Å². The molecule has 102 valence electrons. The summed E-state index contributed by atoms with van der Waals surface area (Å²) in [4.78, 5) is 4.56. The first-order valence-corrected chi connectivity index (χ1v) is 7.50. The summed E-state index contributed by atoms with van der Waals surface area (Å²) in [5.74, 6) is 2.25. The SMILES string of the molecule is ClCc1nc2ccccc2n1CCCOCC1CC1. The van der Waals surface area contributed by atoms with Crippen molar-refractivity contribution in [1.29, 1.82) is 0 Å². The van der Waals surface area contributed by atoms with E-state index in [4.69, 9.17) is 16.3 Å². The van der Waals surface area contributed by atoms with Crippen molar-refractivity contribution in [2.75, 3.05) is 13.2 Å². The average molecular weight is 279 g/mol. The fourth-order valence-corrected chi connectivity index (χ4v) is 2.54. The maximum absolute atomic E-state index is 5.98. The monoisotopic (exact) mass is 278 g/mol. The molecular weight excluding hydrogens is 260 g/mol. The molecule has 4 heteroatoms. The van der Waals surface area contributed by atoms with Gasteiger partial charge in [0.2, 0.25) is 0 Å². The maximum Gasteiger partial charge on any atom is 0.124 e. The van der Waals surface area contributed by atoms with Gasteiger partial charge in [0.25, 0.3) is 0 Å². The summed E-state index contributed by atoms with van der Waals surface area (Å²) in [5.41, 5.74) is 2.19. The van der Waals surface area contributed by atoms with Crippen LogP contribution in [-0.2, 0) is 17.2 Å². The number of benzene rings is 1. The van der Waals surface area contributed by atoms with Gasteiger partial charge in [-0.25, -0.2) is 4.98 Å². The summed E-state index contributed by atoms with van der Waals surface area (Å²) in [7, 11) is 0. The third-order valence-electron chi connectivity index (χ3n) is 3.57. The molecule has 0 saturated heterocycles. The zero-order chi connectivity index (χ0) is 13.1. The van der Waals surface area contributed by atoms with Gasteiger partial charge in [0.05, 0.1) is 16.9 Å². The van der Waals surface area contributed by atoms with Gasteiger partial charge in [-0.1, -0.05) is 12.1 Å². The molecule has 1 aromatic carbocycles. The van der Waals surface area contributed by atoms with E-state index < -0.39 is 0 Å². The molecule has 0 aliphatic heterocycles. The molecule has 0 amide bonds. The van der Waals surface area contributed by atoms with Crippen LogP contribution >= 0.6 is 11.6 Å². The smallest absolute Gasteiger partial charge is 0.124 e. The molecule has 3 nitrogen and oxygen atoms in total. The van der Waals surface area contributed by atoms with Gasteiger partial charge in [-0.2, -0.15) is 0 Å². The highest BCUT2D eigenvalue weighted by Gasteiger charge is 2.20. The van der Waals surface area contributed by atoms with Crippen molar-refractivity contribution >= 4 is 22.6 Å². The Morgan fingerprint density at radius 1 is 1.32 bits per heavy atom. The Balaban J connectivity index is 1.61. The normalized spacial score (nSPS) is 15.2. The molecule has 19 heavy (non-hydrogen) atoms. The van der Waals surface area contributed by atoms with Crippen LogP contribution in [-0.4, -0.2) is 22.8 Å². The lowest BCUT2D eigenvalue weighted by atomic mass is 10.3. The van der Waals surface area contributed by atoms with Crippen molar-refractivity contribution in [3.63, 3.8) is 0 Å². The van der Waals surface area contributed by atoms with E-state index >= 15 is 0 Å². The fraction of sp³-hybridized carbons (Fsp3) is 0.533. The zero-order valence-corrected chi connectivity index (χ0v) is 11.8. The van der Waals surface area contributed by atoms with Gasteiger partial charge >= 0.3 is 0 Å². The number of aromatic nitrogens is 2. The number of halogens is 1. The highest BCUT2D eigenvalue weighted by atomic mass is 35.5. The van der Waals surface area contributed by atoms with Crippen LogP contribution in [0.3, 0.4) is 0 Å². The molecule has 1 aliphatic rings. The Morgan fingerprint density at radius 3 is 2.95 bits per heavy atom. The van der Waals surface area contributed by atoms with E-state index in [1.807, 2.05) is 18.2 Å². The summed E-state index contributed by atoms with van der Waals surface area (Å²) in [6.45, 7) is 2.69. The van der Waals surface area contributed by atoms with Gasteiger partial charge in [0.15, 0.2) is 0 Å². The summed E-state index contributed by atoms with van der Waals surface area (Å²) in [6, 6.07) is 8.19. The maximum atomic E-state index is 5.98. The summed E-state index contributed by atoms with van der Waals surface area (Å²) >= 11 is 5.98. The highest BCUT2D eigenvalue weighted by molar-refractivity contribution is 6.16. The van der Waals surface area contributed by atoms with Gasteiger partial charge < -0.3 is 9.30 Å². The Kier molecular flexibility index (Phi) is 4.04. The highest BCUT2D eigenvalue weighted by Crippen LogP contribution is 2.28. The first-order valence-electron chi connectivity index (χ1n) is 6.96. The second-order valence-corrected chi connectivity index (χ2v) is 5.44. The molecule has 3 rings (SSSR count). The molecule has 0 N–H and O–H groups in total. The summed E-state index contributed by atoms with van der Waals surface area (Å²) in [5, 5.41) is 0. The van der Waals surface area contributed by atoms with Crippen molar-refractivity contribution in [1.82, 2.24) is 9.55 Å². The van der Waals surface area contributed by atoms with Crippen molar-refractivity contribution in [2.24, 2.45) is 5.92 Å². The number of hydrogen-bond acceptors (Lipinski definition) is 2. The van der Waals surface area contributed by atoms with Crippen LogP contribution in [0.2, 0.25) is 0 Å². The first-order chi connectivity index (χ1) is 9.38. The van der Waals surface area contributed by atoms with Gasteiger partial charge in [-0.15, -0.1) is 11.6 Å². The molecule has 0 unspecified atom stereocenters. The number of hydrogen-bond donors (Lipinski definition) is 0. The molecule has 0 atom stereocenters. The fourth-order valence-electron chi connectivity index (χ4n) is 2.34. The Bertz CT molecular complexity index is 548. The zero-order valence-electron chi connectivity index (χ0n) is 11.0. The largest absolute Gasteiger partial charge is 0.381 e. The molecular formula is C15H19ClN2O. The van der Waals surface area contributed by atoms with E-state index in [9.17, 15) is 0 Å². The third-order valence-corrected chi connectivity index (χ3v) is 3.81. The molecule has 0 radical (unpaired) electrons. The van der Waals surface area contributed by atoms with E-state index in [1.165, 1.54) is 18.4 Å². The average Bonchev–Trinajstić information content (AvgIpc) is 3.19. The van der Waals surface area contributed by atoms with Crippen LogP contribution in [0.5, 0.6) is 0 Å². The van der Waals surface area contributed by atoms with Crippen LogP contribution in [0.4, 0.5) is 0 Å². The molecule has 1 aromatic heterocycles. The predicted molar refractivity (Wildman–Crippen MR) is 77.5 cm³/mol. The van der Waals surface area contributed by atoms with E-state index in [2.05, 4.69) is 15.6 Å². The molecule has 0 bridgehead atoms. The molecule has 1 fully saturated rings. The number of fused-ring (bicyclic) bond motifs is 1. The second-order valence-electron chi connectivity index (χ2n) is 5.17. The number of ether oxygens (including phenoxy) is 1. The number of nitrogens with zero attached hydrogens (tertiary/aromatic N) is 2. The number of para-hydroxylation sites is 2. The lowest BCUT2D eigenvalue weighted by Crippen LogP contribution is -2.06. The number of rotatable bonds is 7. The molecule has 1 saturated carbocycles. The lowest BCUT2D eigenvalue weighted by molar-refractivity contribution is 0.119. The van der Waals surface area contributed by atoms with Crippen molar-refractivity contribution in [3.05, 3.63) is 30.1 Å². The molecule has 1 heterocycles. The minimum Gasteiger partial charge on any atom is -0.381 e. The minimum absolute atomic E-state index is 0.456. The topological polar surface area (TPSA) is 27.1 Å². The van der Waals surface area contributed by atoms with Crippen molar-refractivity contribution in [2.45, 2.75) is 31.7 Å². The minimum atomic E-state index is 0.456. The number of imidazole rings is 1. The van der Waals surface area contributed by atoms with Crippen molar-refractivity contribution in [3.8, 4) is 0 Å². The van der Waals surface area contributed by atoms with E-state index in [1.54, 1.807) is 0 Å². The quantitative estimate of drug-likeness (QED) is 0.572. The van der Waals surface area contributed by atoms with Gasteiger partial charge in [0.1, 0.15) is 5.82 Å². The van der Waals surface area contributed by atoms with Crippen LogP contribution in [0.1, 0.15) is 25.1 Å². The Hall–Kier alpha value is -1.06. The standard InChI is InChI=1S/C15H19ClN2O/c16-10-15-17-13-4-1-2-5-14(13)18(15)8-3-9-19-11-12-6-7-12/h1-2,4-5,12H,3,6-11H2. The van der Waals surface area contributed by atoms with Crippen LogP contribution in [0.25, 0.3) is 11.0 Å². The summed E-state index contributed by atoms with van der Waals surface area (Å²) < 4.78 is 7.89. The number of alkyl halides is 1. The Morgan fingerprint density at radius 2 is 2.16 bits per heavy atom.